The molecule has 0 saturated carbocycles. The number of aryl methyl sites for hydroxylation is 1. The third kappa shape index (κ3) is 6.34. The van der Waals surface area contributed by atoms with Crippen LogP contribution in [0.5, 0.6) is 0 Å². The molecular weight excluding hydrogens is 448 g/mol. The van der Waals surface area contributed by atoms with Gasteiger partial charge < -0.3 is 9.64 Å². The van der Waals surface area contributed by atoms with Crippen LogP contribution in [-0.4, -0.2) is 67.5 Å². The summed E-state index contributed by atoms with van der Waals surface area (Å²) in [5, 5.41) is 0. The molecule has 2 aromatic carbocycles. The first-order valence-corrected chi connectivity index (χ1v) is 12.9. The van der Waals surface area contributed by atoms with E-state index >= 15 is 0 Å². The largest absolute Gasteiger partial charge is 0.453 e. The number of thioether (sulfide) groups is 1. The van der Waals surface area contributed by atoms with E-state index in [2.05, 4.69) is 0 Å². The smallest absolute Gasteiger partial charge is 0.307 e. The maximum Gasteiger partial charge on any atom is 0.307 e. The Morgan fingerprint density at radius 1 is 1.00 bits per heavy atom. The molecule has 0 N–H and O–H groups in total. The van der Waals surface area contributed by atoms with Gasteiger partial charge in [0, 0.05) is 36.8 Å². The van der Waals surface area contributed by atoms with Crippen LogP contribution in [0.25, 0.3) is 0 Å². The number of amides is 1. The molecule has 0 radical (unpaired) electrons. The number of piperazine rings is 1. The van der Waals surface area contributed by atoms with Gasteiger partial charge in [0.15, 0.2) is 6.10 Å². The number of carbonyl (C=O) groups excluding carboxylic acids is 2. The molecule has 1 aliphatic rings. The highest BCUT2D eigenvalue weighted by Gasteiger charge is 2.32. The molecule has 1 heterocycles. The van der Waals surface area contributed by atoms with Gasteiger partial charge in [-0.15, -0.1) is 11.8 Å². The first kappa shape index (κ1) is 24.3. The summed E-state index contributed by atoms with van der Waals surface area (Å²) in [7, 11) is -3.58. The fourth-order valence-electron chi connectivity index (χ4n) is 3.34. The first-order chi connectivity index (χ1) is 15.3. The topological polar surface area (TPSA) is 84.0 Å². The zero-order chi connectivity index (χ0) is 23.1. The van der Waals surface area contributed by atoms with Crippen LogP contribution < -0.4 is 0 Å². The fourth-order valence-corrected chi connectivity index (χ4v) is 5.62. The average molecular weight is 477 g/mol. The Morgan fingerprint density at radius 3 is 2.25 bits per heavy atom. The molecule has 0 aromatic heterocycles. The van der Waals surface area contributed by atoms with Crippen LogP contribution in [-0.2, 0) is 24.3 Å². The molecule has 1 fully saturated rings. The molecule has 1 amide bonds. The summed E-state index contributed by atoms with van der Waals surface area (Å²) >= 11 is 1.56. The third-order valence-electron chi connectivity index (χ3n) is 5.18. The van der Waals surface area contributed by atoms with Crippen molar-refractivity contribution in [3.8, 4) is 0 Å². The second-order valence-electron chi connectivity index (χ2n) is 7.59. The van der Waals surface area contributed by atoms with Crippen molar-refractivity contribution in [2.24, 2.45) is 0 Å². The number of hydrogen-bond donors (Lipinski definition) is 0. The van der Waals surface area contributed by atoms with Crippen molar-refractivity contribution in [2.45, 2.75) is 36.2 Å². The van der Waals surface area contributed by atoms with Crippen LogP contribution in [0.15, 0.2) is 64.4 Å². The van der Waals surface area contributed by atoms with Gasteiger partial charge in [-0.1, -0.05) is 35.9 Å². The van der Waals surface area contributed by atoms with E-state index in [0.29, 0.717) is 5.75 Å². The van der Waals surface area contributed by atoms with Crippen LogP contribution in [0.4, 0.5) is 0 Å². The molecule has 2 aromatic rings. The summed E-state index contributed by atoms with van der Waals surface area (Å²) in [6, 6.07) is 16.3. The Morgan fingerprint density at radius 2 is 1.62 bits per heavy atom. The van der Waals surface area contributed by atoms with E-state index in [9.17, 15) is 18.0 Å². The normalized spacial score (nSPS) is 15.9. The van der Waals surface area contributed by atoms with Crippen molar-refractivity contribution in [1.82, 2.24) is 9.21 Å². The molecule has 0 bridgehead atoms. The minimum Gasteiger partial charge on any atom is -0.453 e. The third-order valence-corrected chi connectivity index (χ3v) is 8.11. The van der Waals surface area contributed by atoms with Gasteiger partial charge in [0.2, 0.25) is 10.0 Å². The number of carbonyl (C=O) groups is 2. The monoisotopic (exact) mass is 476 g/mol. The van der Waals surface area contributed by atoms with Crippen LogP contribution >= 0.6 is 11.8 Å². The molecular formula is C23H28N2O5S2. The minimum absolute atomic E-state index is 0.205. The van der Waals surface area contributed by atoms with Gasteiger partial charge in [0.05, 0.1) is 11.3 Å². The van der Waals surface area contributed by atoms with Crippen molar-refractivity contribution >= 4 is 33.7 Å². The molecule has 1 saturated heterocycles. The summed E-state index contributed by atoms with van der Waals surface area (Å²) in [5.74, 6) is -0.157. The summed E-state index contributed by atoms with van der Waals surface area (Å²) in [5.41, 5.74) is 1.18. The Balaban J connectivity index is 1.43. The van der Waals surface area contributed by atoms with Crippen LogP contribution in [0.1, 0.15) is 18.9 Å². The molecule has 7 nitrogen and oxygen atoms in total. The summed E-state index contributed by atoms with van der Waals surface area (Å²) in [6.45, 7) is 4.51. The van der Waals surface area contributed by atoms with E-state index in [4.69, 9.17) is 4.74 Å². The predicted octanol–water partition coefficient (Wildman–Crippen LogP) is 2.94. The zero-order valence-corrected chi connectivity index (χ0v) is 19.9. The lowest BCUT2D eigenvalue weighted by Gasteiger charge is -2.35. The summed E-state index contributed by atoms with van der Waals surface area (Å²) in [4.78, 5) is 27.7. The SMILES string of the molecule is Cc1ccc(SCCC(=O)OC(C)C(=O)N2CCN(S(=O)(=O)c3ccccc3)CC2)cc1. The van der Waals surface area contributed by atoms with Crippen molar-refractivity contribution in [3.63, 3.8) is 0 Å². The Labute approximate surface area is 193 Å². The Hall–Kier alpha value is -2.36. The Kier molecular flexibility index (Phi) is 8.33. The molecule has 3 rings (SSSR count). The number of nitrogens with zero attached hydrogens (tertiary/aromatic N) is 2. The highest BCUT2D eigenvalue weighted by atomic mass is 32.2. The van der Waals surface area contributed by atoms with Crippen molar-refractivity contribution in [2.75, 3.05) is 31.9 Å². The highest BCUT2D eigenvalue weighted by molar-refractivity contribution is 7.99. The second kappa shape index (κ2) is 11.0. The lowest BCUT2D eigenvalue weighted by Crippen LogP contribution is -2.52. The van der Waals surface area contributed by atoms with Gasteiger partial charge in [-0.3, -0.25) is 9.59 Å². The maximum absolute atomic E-state index is 12.7. The number of esters is 1. The van der Waals surface area contributed by atoms with Gasteiger partial charge in [-0.25, -0.2) is 8.42 Å². The van der Waals surface area contributed by atoms with Gasteiger partial charge in [0.1, 0.15) is 0 Å². The van der Waals surface area contributed by atoms with E-state index in [1.807, 2.05) is 31.2 Å². The number of rotatable bonds is 8. The van der Waals surface area contributed by atoms with Crippen molar-refractivity contribution < 1.29 is 22.7 Å². The minimum atomic E-state index is -3.58. The molecule has 32 heavy (non-hydrogen) atoms. The van der Waals surface area contributed by atoms with Crippen molar-refractivity contribution in [1.29, 1.82) is 0 Å². The number of ether oxygens (including phenoxy) is 1. The summed E-state index contributed by atoms with van der Waals surface area (Å²) < 4.78 is 32.1. The molecule has 1 aliphatic heterocycles. The molecule has 1 atom stereocenters. The average Bonchev–Trinajstić information content (AvgIpc) is 2.80. The van der Waals surface area contributed by atoms with Gasteiger partial charge >= 0.3 is 5.97 Å². The zero-order valence-electron chi connectivity index (χ0n) is 18.3. The molecule has 0 aliphatic carbocycles. The second-order valence-corrected chi connectivity index (χ2v) is 10.7. The van der Waals surface area contributed by atoms with Crippen LogP contribution in [0.3, 0.4) is 0 Å². The molecule has 9 heteroatoms. The van der Waals surface area contributed by atoms with E-state index in [-0.39, 0.29) is 43.4 Å². The molecule has 172 valence electrons. The number of sulfonamides is 1. The van der Waals surface area contributed by atoms with Crippen LogP contribution in [0, 0.1) is 6.92 Å². The number of benzene rings is 2. The molecule has 1 unspecified atom stereocenters. The molecule has 0 spiro atoms. The van der Waals surface area contributed by atoms with Gasteiger partial charge in [0.25, 0.3) is 5.91 Å². The number of hydrogen-bond acceptors (Lipinski definition) is 6. The lowest BCUT2D eigenvalue weighted by atomic mass is 10.2. The van der Waals surface area contributed by atoms with E-state index < -0.39 is 22.1 Å². The predicted molar refractivity (Wildman–Crippen MR) is 124 cm³/mol. The van der Waals surface area contributed by atoms with Gasteiger partial charge in [-0.2, -0.15) is 4.31 Å². The summed E-state index contributed by atoms with van der Waals surface area (Å²) in [6.07, 6.45) is -0.691. The van der Waals surface area contributed by atoms with E-state index in [1.54, 1.807) is 53.9 Å². The standard InChI is InChI=1S/C23H28N2O5S2/c1-18-8-10-20(11-9-18)31-17-12-22(26)30-19(2)23(27)24-13-15-25(16-14-24)32(28,29)21-6-4-3-5-7-21/h3-11,19H,12-17H2,1-2H3. The Bertz CT molecular complexity index is 1020. The first-order valence-electron chi connectivity index (χ1n) is 10.5. The fraction of sp³-hybridized carbons (Fsp3) is 0.391. The highest BCUT2D eigenvalue weighted by Crippen LogP contribution is 2.20. The van der Waals surface area contributed by atoms with Crippen LogP contribution in [0.2, 0.25) is 0 Å². The van der Waals surface area contributed by atoms with E-state index in [0.717, 1.165) is 4.90 Å². The quantitative estimate of drug-likeness (QED) is 0.430. The maximum atomic E-state index is 12.7. The lowest BCUT2D eigenvalue weighted by molar-refractivity contribution is -0.159. The van der Waals surface area contributed by atoms with Crippen molar-refractivity contribution in [3.05, 3.63) is 60.2 Å². The van der Waals surface area contributed by atoms with E-state index in [1.165, 1.54) is 9.87 Å². The van der Waals surface area contributed by atoms with Gasteiger partial charge in [-0.05, 0) is 38.1 Å².